The number of ketones is 1. The van der Waals surface area contributed by atoms with Crippen LogP contribution in [0.5, 0.6) is 5.75 Å². The van der Waals surface area contributed by atoms with Gasteiger partial charge in [-0.2, -0.15) is 0 Å². The first-order valence-corrected chi connectivity index (χ1v) is 7.88. The Hall–Kier alpha value is -2.03. The monoisotopic (exact) mass is 299 g/mol. The Bertz CT molecular complexity index is 599. The number of allylic oxidation sites excluding steroid dienone is 2. The van der Waals surface area contributed by atoms with Gasteiger partial charge in [0, 0.05) is 23.9 Å². The highest BCUT2D eigenvalue weighted by Crippen LogP contribution is 2.23. The van der Waals surface area contributed by atoms with Crippen LogP contribution in [0.25, 0.3) is 0 Å². The lowest BCUT2D eigenvalue weighted by Crippen LogP contribution is -2.09. The fourth-order valence-corrected chi connectivity index (χ4v) is 2.35. The largest absolute Gasteiger partial charge is 0.491 e. The van der Waals surface area contributed by atoms with Crippen LogP contribution in [0, 0.1) is 5.92 Å². The van der Waals surface area contributed by atoms with Crippen LogP contribution < -0.4 is 10.1 Å². The molecule has 1 aromatic rings. The first-order chi connectivity index (χ1) is 10.4. The third-order valence-corrected chi connectivity index (χ3v) is 3.57. The van der Waals surface area contributed by atoms with Crippen LogP contribution in [0.4, 0.5) is 5.69 Å². The fraction of sp³-hybridized carbons (Fsp3) is 0.421. The van der Waals surface area contributed by atoms with Crippen molar-refractivity contribution in [2.45, 2.75) is 40.2 Å². The van der Waals surface area contributed by atoms with Crippen LogP contribution >= 0.6 is 0 Å². The van der Waals surface area contributed by atoms with E-state index in [9.17, 15) is 4.79 Å². The molecule has 1 aliphatic carbocycles. The molecule has 1 atom stereocenters. The summed E-state index contributed by atoms with van der Waals surface area (Å²) in [4.78, 5) is 11.7. The topological polar surface area (TPSA) is 38.3 Å². The molecular weight excluding hydrogens is 274 g/mol. The van der Waals surface area contributed by atoms with Gasteiger partial charge in [0.15, 0.2) is 5.78 Å². The number of rotatable bonds is 6. The lowest BCUT2D eigenvalue weighted by Gasteiger charge is -2.16. The number of hydrogen-bond donors (Lipinski definition) is 1. The average molecular weight is 299 g/mol. The van der Waals surface area contributed by atoms with E-state index in [1.807, 2.05) is 26.0 Å². The summed E-state index contributed by atoms with van der Waals surface area (Å²) < 4.78 is 5.73. The van der Waals surface area contributed by atoms with Crippen molar-refractivity contribution in [3.8, 4) is 5.75 Å². The molecule has 0 saturated heterocycles. The van der Waals surface area contributed by atoms with E-state index in [4.69, 9.17) is 4.74 Å². The number of carbonyl (C=O) groups excluding carboxylic acids is 1. The molecule has 0 radical (unpaired) electrons. The first-order valence-electron chi connectivity index (χ1n) is 7.88. The van der Waals surface area contributed by atoms with Crippen molar-refractivity contribution in [1.29, 1.82) is 0 Å². The van der Waals surface area contributed by atoms with E-state index in [0.29, 0.717) is 11.5 Å². The van der Waals surface area contributed by atoms with E-state index < -0.39 is 0 Å². The summed E-state index contributed by atoms with van der Waals surface area (Å²) in [6, 6.07) is 5.63. The second kappa shape index (κ2) is 7.30. The van der Waals surface area contributed by atoms with Gasteiger partial charge >= 0.3 is 0 Å². The van der Waals surface area contributed by atoms with Crippen molar-refractivity contribution < 1.29 is 9.53 Å². The van der Waals surface area contributed by atoms with Gasteiger partial charge in [0.2, 0.25) is 0 Å². The van der Waals surface area contributed by atoms with E-state index in [2.05, 4.69) is 30.5 Å². The van der Waals surface area contributed by atoms with Gasteiger partial charge in [-0.25, -0.2) is 0 Å². The molecule has 0 spiro atoms. The molecule has 3 heteroatoms. The van der Waals surface area contributed by atoms with Crippen LogP contribution in [0.15, 0.2) is 42.0 Å². The standard InChI is InChI=1S/C19H25NO2/c1-13(2)22-19-10-17(15(4)21)9-18(11-19)20-12-16-7-5-14(3)6-8-16/h5,7-11,13-14,20H,6,12H2,1-4H3. The van der Waals surface area contributed by atoms with Crippen LogP contribution in [-0.4, -0.2) is 18.4 Å². The van der Waals surface area contributed by atoms with E-state index in [-0.39, 0.29) is 11.9 Å². The highest BCUT2D eigenvalue weighted by molar-refractivity contribution is 5.95. The smallest absolute Gasteiger partial charge is 0.160 e. The van der Waals surface area contributed by atoms with Gasteiger partial charge in [0.1, 0.15) is 5.75 Å². The second-order valence-corrected chi connectivity index (χ2v) is 6.17. The predicted molar refractivity (Wildman–Crippen MR) is 91.7 cm³/mol. The molecule has 2 rings (SSSR count). The Kier molecular flexibility index (Phi) is 5.42. The Balaban J connectivity index is 2.10. The van der Waals surface area contributed by atoms with Crippen molar-refractivity contribution >= 4 is 11.5 Å². The second-order valence-electron chi connectivity index (χ2n) is 6.17. The number of benzene rings is 1. The number of Topliss-reactive ketones (excluding diaryl/α,β-unsaturated/α-hetero) is 1. The van der Waals surface area contributed by atoms with Gasteiger partial charge in [-0.15, -0.1) is 0 Å². The predicted octanol–water partition coefficient (Wildman–Crippen LogP) is 4.61. The Morgan fingerprint density at radius 1 is 1.36 bits per heavy atom. The summed E-state index contributed by atoms with van der Waals surface area (Å²) >= 11 is 0. The van der Waals surface area contributed by atoms with Crippen LogP contribution in [0.3, 0.4) is 0 Å². The summed E-state index contributed by atoms with van der Waals surface area (Å²) in [6.07, 6.45) is 7.83. The highest BCUT2D eigenvalue weighted by Gasteiger charge is 2.08. The lowest BCUT2D eigenvalue weighted by molar-refractivity contribution is 0.101. The summed E-state index contributed by atoms with van der Waals surface area (Å²) in [6.45, 7) is 8.50. The van der Waals surface area contributed by atoms with Crippen molar-refractivity contribution in [2.24, 2.45) is 5.92 Å². The lowest BCUT2D eigenvalue weighted by atomic mass is 9.98. The summed E-state index contributed by atoms with van der Waals surface area (Å²) in [7, 11) is 0. The first kappa shape index (κ1) is 16.3. The van der Waals surface area contributed by atoms with Crippen molar-refractivity contribution in [2.75, 3.05) is 11.9 Å². The Labute approximate surface area is 133 Å². The molecule has 0 aliphatic heterocycles. The summed E-state index contributed by atoms with van der Waals surface area (Å²) in [5, 5.41) is 3.39. The van der Waals surface area contributed by atoms with Crippen LogP contribution in [0.2, 0.25) is 0 Å². The van der Waals surface area contributed by atoms with Crippen molar-refractivity contribution in [1.82, 2.24) is 0 Å². The van der Waals surface area contributed by atoms with E-state index >= 15 is 0 Å². The molecule has 1 aromatic carbocycles. The molecule has 22 heavy (non-hydrogen) atoms. The molecular formula is C19H25NO2. The molecule has 0 amide bonds. The normalized spacial score (nSPS) is 17.3. The highest BCUT2D eigenvalue weighted by atomic mass is 16.5. The van der Waals surface area contributed by atoms with Gasteiger partial charge in [-0.3, -0.25) is 4.79 Å². The zero-order valence-corrected chi connectivity index (χ0v) is 13.8. The fourth-order valence-electron chi connectivity index (χ4n) is 2.35. The van der Waals surface area contributed by atoms with Gasteiger partial charge in [-0.1, -0.05) is 25.2 Å². The minimum absolute atomic E-state index is 0.0443. The molecule has 1 N–H and O–H groups in total. The summed E-state index contributed by atoms with van der Waals surface area (Å²) in [5.41, 5.74) is 2.86. The number of carbonyl (C=O) groups is 1. The number of hydrogen-bond acceptors (Lipinski definition) is 3. The molecule has 118 valence electrons. The van der Waals surface area contributed by atoms with Crippen molar-refractivity contribution in [3.63, 3.8) is 0 Å². The zero-order valence-electron chi connectivity index (χ0n) is 13.8. The minimum Gasteiger partial charge on any atom is -0.491 e. The maximum Gasteiger partial charge on any atom is 0.160 e. The Morgan fingerprint density at radius 2 is 2.14 bits per heavy atom. The summed E-state index contributed by atoms with van der Waals surface area (Å²) in [5.74, 6) is 1.39. The minimum atomic E-state index is 0.0443. The number of anilines is 1. The third kappa shape index (κ3) is 4.76. The molecule has 0 bridgehead atoms. The molecule has 0 fully saturated rings. The SMILES string of the molecule is CC(=O)c1cc(NCC2=CCC(C)C=C2)cc(OC(C)C)c1. The average Bonchev–Trinajstić information content (AvgIpc) is 2.45. The van der Waals surface area contributed by atoms with Gasteiger partial charge < -0.3 is 10.1 Å². The zero-order chi connectivity index (χ0) is 16.1. The van der Waals surface area contributed by atoms with Gasteiger partial charge in [0.25, 0.3) is 0 Å². The van der Waals surface area contributed by atoms with Crippen LogP contribution in [-0.2, 0) is 0 Å². The number of ether oxygens (including phenoxy) is 1. The van der Waals surface area contributed by atoms with Crippen LogP contribution in [0.1, 0.15) is 44.5 Å². The van der Waals surface area contributed by atoms with Crippen molar-refractivity contribution in [3.05, 3.63) is 47.6 Å². The van der Waals surface area contributed by atoms with Gasteiger partial charge in [-0.05, 0) is 50.8 Å². The third-order valence-electron chi connectivity index (χ3n) is 3.57. The molecule has 0 aromatic heterocycles. The molecule has 0 heterocycles. The quantitative estimate of drug-likeness (QED) is 0.779. The molecule has 3 nitrogen and oxygen atoms in total. The van der Waals surface area contributed by atoms with E-state index in [1.54, 1.807) is 13.0 Å². The Morgan fingerprint density at radius 3 is 2.73 bits per heavy atom. The number of nitrogens with one attached hydrogen (secondary N) is 1. The molecule has 1 unspecified atom stereocenters. The molecule has 1 aliphatic rings. The maximum absolute atomic E-state index is 11.7. The maximum atomic E-state index is 11.7. The van der Waals surface area contributed by atoms with Gasteiger partial charge in [0.05, 0.1) is 6.10 Å². The molecule has 0 saturated carbocycles. The van der Waals surface area contributed by atoms with E-state index in [0.717, 1.165) is 24.4 Å². The van der Waals surface area contributed by atoms with E-state index in [1.165, 1.54) is 5.57 Å².